The maximum absolute atomic E-state index is 13.3. The topological polar surface area (TPSA) is 69.6 Å². The van der Waals surface area contributed by atoms with Crippen LogP contribution in [0.25, 0.3) is 0 Å². The van der Waals surface area contributed by atoms with Gasteiger partial charge in [-0.15, -0.1) is 0 Å². The number of likely N-dealkylation sites (tertiary alicyclic amines) is 1. The Balaban J connectivity index is 2.03. The summed E-state index contributed by atoms with van der Waals surface area (Å²) in [6, 6.07) is 0.196. The maximum atomic E-state index is 13.3. The number of nitrogens with zero attached hydrogens (tertiary/aromatic N) is 1. The molecule has 1 aromatic carbocycles. The molecule has 1 aliphatic heterocycles. The van der Waals surface area contributed by atoms with Crippen LogP contribution < -0.4 is 5.32 Å². The number of carbonyl (C=O) groups excluding carboxylic acids is 1. The van der Waals surface area contributed by atoms with Crippen LogP contribution in [0.4, 0.5) is 23.7 Å². The minimum Gasteiger partial charge on any atom is -0.481 e. The lowest BCUT2D eigenvalue weighted by Crippen LogP contribution is -2.54. The van der Waals surface area contributed by atoms with Gasteiger partial charge in [-0.05, 0) is 0 Å². The van der Waals surface area contributed by atoms with Crippen LogP contribution in [0.3, 0.4) is 0 Å². The normalized spacial score (nSPS) is 15.0. The van der Waals surface area contributed by atoms with Gasteiger partial charge in [0.15, 0.2) is 11.6 Å². The number of benzene rings is 1. The maximum Gasteiger partial charge on any atom is 0.321 e. The van der Waals surface area contributed by atoms with Gasteiger partial charge in [-0.2, -0.15) is 0 Å². The lowest BCUT2D eigenvalue weighted by Gasteiger charge is -2.36. The molecule has 0 radical (unpaired) electrons. The molecule has 5 nitrogen and oxygen atoms in total. The van der Waals surface area contributed by atoms with E-state index in [4.69, 9.17) is 5.11 Å². The third kappa shape index (κ3) is 2.61. The summed E-state index contributed by atoms with van der Waals surface area (Å²) in [6.07, 6.45) is 0. The molecule has 1 fully saturated rings. The van der Waals surface area contributed by atoms with Gasteiger partial charge in [0.2, 0.25) is 0 Å². The number of rotatable bonds is 2. The number of nitrogens with one attached hydrogen (secondary N) is 1. The molecular formula is C11H9F3N2O3. The number of anilines is 1. The molecule has 1 saturated heterocycles. The van der Waals surface area contributed by atoms with E-state index in [0.29, 0.717) is 12.1 Å². The second-order valence-electron chi connectivity index (χ2n) is 4.12. The fourth-order valence-corrected chi connectivity index (χ4v) is 1.64. The number of hydrogen-bond donors (Lipinski definition) is 2. The molecule has 0 unspecified atom stereocenters. The van der Waals surface area contributed by atoms with Crippen LogP contribution in [0.2, 0.25) is 0 Å². The van der Waals surface area contributed by atoms with E-state index in [1.54, 1.807) is 0 Å². The summed E-state index contributed by atoms with van der Waals surface area (Å²) >= 11 is 0. The number of hydrogen-bond acceptors (Lipinski definition) is 2. The number of aliphatic carboxylic acids is 1. The summed E-state index contributed by atoms with van der Waals surface area (Å²) in [7, 11) is 0. The Hall–Kier alpha value is -2.25. The Morgan fingerprint density at radius 3 is 2.47 bits per heavy atom. The van der Waals surface area contributed by atoms with E-state index in [9.17, 15) is 22.8 Å². The standard InChI is InChI=1S/C11H9F3N2O3/c12-6-1-7(13)9(14)8(2-6)15-11(19)16-3-5(4-16)10(17)18/h1-2,5H,3-4H2,(H,15,19)(H,17,18). The lowest BCUT2D eigenvalue weighted by atomic mass is 10.0. The third-order valence-corrected chi connectivity index (χ3v) is 2.75. The van der Waals surface area contributed by atoms with Crippen molar-refractivity contribution in [2.24, 2.45) is 5.92 Å². The van der Waals surface area contributed by atoms with Crippen molar-refractivity contribution in [3.05, 3.63) is 29.6 Å². The summed E-state index contributed by atoms with van der Waals surface area (Å²) in [4.78, 5) is 23.2. The second-order valence-corrected chi connectivity index (χ2v) is 4.12. The summed E-state index contributed by atoms with van der Waals surface area (Å²) in [5, 5.41) is 10.6. The van der Waals surface area contributed by atoms with Crippen molar-refractivity contribution in [2.75, 3.05) is 18.4 Å². The van der Waals surface area contributed by atoms with E-state index in [0.717, 1.165) is 4.90 Å². The Labute approximate surface area is 105 Å². The molecule has 1 aromatic rings. The molecule has 0 spiro atoms. The predicted octanol–water partition coefficient (Wildman–Crippen LogP) is 1.65. The van der Waals surface area contributed by atoms with Crippen LogP contribution in [-0.4, -0.2) is 35.1 Å². The molecule has 0 aromatic heterocycles. The Morgan fingerprint density at radius 2 is 1.89 bits per heavy atom. The molecule has 1 aliphatic rings. The third-order valence-electron chi connectivity index (χ3n) is 2.75. The monoisotopic (exact) mass is 274 g/mol. The number of amides is 2. The van der Waals surface area contributed by atoms with Gasteiger partial charge in [0.25, 0.3) is 0 Å². The Bertz CT molecular complexity index is 544. The van der Waals surface area contributed by atoms with Crippen molar-refractivity contribution in [3.63, 3.8) is 0 Å². The van der Waals surface area contributed by atoms with Gasteiger partial charge >= 0.3 is 12.0 Å². The highest BCUT2D eigenvalue weighted by atomic mass is 19.2. The summed E-state index contributed by atoms with van der Waals surface area (Å²) in [5.41, 5.74) is -0.624. The molecule has 19 heavy (non-hydrogen) atoms. The highest BCUT2D eigenvalue weighted by Crippen LogP contribution is 2.22. The molecule has 0 aliphatic carbocycles. The largest absolute Gasteiger partial charge is 0.481 e. The minimum atomic E-state index is -1.41. The molecule has 0 saturated carbocycles. The number of carbonyl (C=O) groups is 2. The molecule has 2 N–H and O–H groups in total. The van der Waals surface area contributed by atoms with E-state index in [2.05, 4.69) is 0 Å². The van der Waals surface area contributed by atoms with E-state index in [1.165, 1.54) is 0 Å². The van der Waals surface area contributed by atoms with Crippen molar-refractivity contribution in [3.8, 4) is 0 Å². The molecule has 2 rings (SSSR count). The second kappa shape index (κ2) is 4.79. The first-order valence-corrected chi connectivity index (χ1v) is 5.31. The first-order valence-electron chi connectivity index (χ1n) is 5.31. The average molecular weight is 274 g/mol. The molecule has 102 valence electrons. The smallest absolute Gasteiger partial charge is 0.321 e. The van der Waals surface area contributed by atoms with Gasteiger partial charge in [-0.1, -0.05) is 0 Å². The van der Waals surface area contributed by atoms with Crippen molar-refractivity contribution >= 4 is 17.7 Å². The zero-order chi connectivity index (χ0) is 14.2. The van der Waals surface area contributed by atoms with Crippen molar-refractivity contribution < 1.29 is 27.9 Å². The highest BCUT2D eigenvalue weighted by Gasteiger charge is 2.35. The number of urea groups is 1. The number of halogens is 3. The van der Waals surface area contributed by atoms with Crippen LogP contribution in [0.15, 0.2) is 12.1 Å². The highest BCUT2D eigenvalue weighted by molar-refractivity contribution is 5.91. The summed E-state index contributed by atoms with van der Waals surface area (Å²) in [6.45, 7) is -0.0544. The molecule has 0 bridgehead atoms. The summed E-state index contributed by atoms with van der Waals surface area (Å²) < 4.78 is 39.0. The SMILES string of the molecule is O=C(O)C1CN(C(=O)Nc2cc(F)cc(F)c2F)C1. The van der Waals surface area contributed by atoms with E-state index < -0.39 is 41.1 Å². The fraction of sp³-hybridized carbons (Fsp3) is 0.273. The van der Waals surface area contributed by atoms with E-state index >= 15 is 0 Å². The minimum absolute atomic E-state index is 0.0272. The molecular weight excluding hydrogens is 265 g/mol. The number of carboxylic acids is 1. The first kappa shape index (κ1) is 13.2. The fourth-order valence-electron chi connectivity index (χ4n) is 1.64. The summed E-state index contributed by atoms with van der Waals surface area (Å²) in [5.74, 6) is -5.51. The molecule has 0 atom stereocenters. The van der Waals surface area contributed by atoms with Gasteiger partial charge < -0.3 is 15.3 Å². The molecule has 1 heterocycles. The van der Waals surface area contributed by atoms with E-state index in [1.807, 2.05) is 5.32 Å². The predicted molar refractivity (Wildman–Crippen MR) is 58.0 cm³/mol. The van der Waals surface area contributed by atoms with Gasteiger partial charge in [0, 0.05) is 25.2 Å². The van der Waals surface area contributed by atoms with Gasteiger partial charge in [-0.3, -0.25) is 4.79 Å². The van der Waals surface area contributed by atoms with Crippen LogP contribution in [0.5, 0.6) is 0 Å². The average Bonchev–Trinajstić information content (AvgIpc) is 2.22. The van der Waals surface area contributed by atoms with Crippen molar-refractivity contribution in [1.29, 1.82) is 0 Å². The van der Waals surface area contributed by atoms with Crippen LogP contribution in [0.1, 0.15) is 0 Å². The van der Waals surface area contributed by atoms with Crippen LogP contribution in [-0.2, 0) is 4.79 Å². The zero-order valence-corrected chi connectivity index (χ0v) is 9.49. The van der Waals surface area contributed by atoms with Crippen LogP contribution in [0, 0.1) is 23.4 Å². The van der Waals surface area contributed by atoms with E-state index in [-0.39, 0.29) is 13.1 Å². The zero-order valence-electron chi connectivity index (χ0n) is 9.49. The number of carboxylic acid groups (broad SMARTS) is 1. The Morgan fingerprint density at radius 1 is 1.26 bits per heavy atom. The Kier molecular flexibility index (Phi) is 3.32. The molecule has 2 amide bonds. The van der Waals surface area contributed by atoms with Gasteiger partial charge in [-0.25, -0.2) is 18.0 Å². The quantitative estimate of drug-likeness (QED) is 0.806. The lowest BCUT2D eigenvalue weighted by molar-refractivity contribution is -0.145. The van der Waals surface area contributed by atoms with Crippen LogP contribution >= 0.6 is 0 Å². The van der Waals surface area contributed by atoms with Crippen molar-refractivity contribution in [2.45, 2.75) is 0 Å². The van der Waals surface area contributed by atoms with Gasteiger partial charge in [0.1, 0.15) is 5.82 Å². The molecule has 8 heteroatoms. The first-order chi connectivity index (χ1) is 8.88. The van der Waals surface area contributed by atoms with Gasteiger partial charge in [0.05, 0.1) is 11.6 Å². The van der Waals surface area contributed by atoms with Crippen molar-refractivity contribution in [1.82, 2.24) is 4.90 Å².